The maximum atomic E-state index is 10.5. The molecule has 20 heavy (non-hydrogen) atoms. The molecule has 1 fully saturated rings. The summed E-state index contributed by atoms with van der Waals surface area (Å²) in [6.07, 6.45) is 2.24. The maximum absolute atomic E-state index is 10.5. The number of ether oxygens (including phenoxy) is 1. The van der Waals surface area contributed by atoms with Crippen LogP contribution in [0.25, 0.3) is 0 Å². The number of likely N-dealkylation sites (N-methyl/N-ethyl adjacent to an activating group) is 1. The molecule has 7 heteroatoms. The summed E-state index contributed by atoms with van der Waals surface area (Å²) in [5.41, 5.74) is 0.956. The molecule has 0 aromatic heterocycles. The molecule has 1 heterocycles. The summed E-state index contributed by atoms with van der Waals surface area (Å²) in [5, 5.41) is 8.62. The van der Waals surface area contributed by atoms with E-state index in [0.29, 0.717) is 4.48 Å². The van der Waals surface area contributed by atoms with Crippen LogP contribution in [-0.4, -0.2) is 50.8 Å². The van der Waals surface area contributed by atoms with Crippen LogP contribution in [0.15, 0.2) is 29.2 Å². The molecule has 1 aliphatic heterocycles. The van der Waals surface area contributed by atoms with E-state index in [2.05, 4.69) is 6.19 Å². The Hall–Kier alpha value is -1.46. The van der Waals surface area contributed by atoms with Gasteiger partial charge in [0, 0.05) is 0 Å². The monoisotopic (exact) mass is 299 g/mol. The molecule has 1 saturated heterocycles. The lowest BCUT2D eigenvalue weighted by Gasteiger charge is -2.28. The molecule has 6 nitrogen and oxygen atoms in total. The highest BCUT2D eigenvalue weighted by Crippen LogP contribution is 2.08. The third-order valence-corrected chi connectivity index (χ3v) is 3.89. The van der Waals surface area contributed by atoms with Gasteiger partial charge in [-0.2, -0.15) is 8.42 Å². The minimum Gasteiger partial charge on any atom is -0.370 e. The normalized spacial score (nSPS) is 17.5. The largest absolute Gasteiger partial charge is 0.370 e. The second-order valence-corrected chi connectivity index (χ2v) is 6.27. The molecule has 0 radical (unpaired) electrons. The van der Waals surface area contributed by atoms with Crippen LogP contribution < -0.4 is 0 Å². The van der Waals surface area contributed by atoms with E-state index in [-0.39, 0.29) is 4.90 Å². The van der Waals surface area contributed by atoms with E-state index in [1.807, 2.05) is 14.0 Å². The third kappa shape index (κ3) is 5.27. The third-order valence-electron chi connectivity index (χ3n) is 3.02. The van der Waals surface area contributed by atoms with Crippen molar-refractivity contribution in [2.75, 3.05) is 33.4 Å². The number of nitriles is 1. The minimum absolute atomic E-state index is 0.0666. The molecule has 110 valence electrons. The molecule has 0 atom stereocenters. The highest BCUT2D eigenvalue weighted by atomic mass is 32.2. The van der Waals surface area contributed by atoms with Crippen molar-refractivity contribution in [3.63, 3.8) is 0 Å². The number of hydrogen-bond donors (Lipinski definition) is 1. The van der Waals surface area contributed by atoms with E-state index in [1.165, 1.54) is 12.1 Å². The van der Waals surface area contributed by atoms with Crippen LogP contribution in [0.4, 0.5) is 0 Å². The van der Waals surface area contributed by atoms with Crippen LogP contribution in [0.2, 0.25) is 0 Å². The number of hydrogen-bond acceptors (Lipinski definition) is 4. The number of nitrogens with zero attached hydrogens (tertiary/aromatic N) is 2. The molecule has 0 aliphatic carbocycles. The number of aryl methyl sites for hydroxylation is 1. The Balaban J connectivity index is 0.000000204. The Kier molecular flexibility index (Phi) is 5.65. The molecule has 0 saturated carbocycles. The fourth-order valence-electron chi connectivity index (χ4n) is 1.56. The van der Waals surface area contributed by atoms with Gasteiger partial charge in [0.05, 0.1) is 25.2 Å². The topological polar surface area (TPSA) is 87.4 Å². The fraction of sp³-hybridized carbons (Fsp3) is 0.462. The van der Waals surface area contributed by atoms with Crippen LogP contribution in [-0.2, 0) is 14.9 Å². The zero-order valence-electron chi connectivity index (χ0n) is 11.6. The first-order valence-corrected chi connectivity index (χ1v) is 7.59. The second-order valence-electron chi connectivity index (χ2n) is 4.84. The first kappa shape index (κ1) is 16.6. The van der Waals surface area contributed by atoms with Gasteiger partial charge in [-0.05, 0) is 19.1 Å². The average Bonchev–Trinajstić information content (AvgIpc) is 2.40. The van der Waals surface area contributed by atoms with Crippen molar-refractivity contribution in [3.05, 3.63) is 29.8 Å². The van der Waals surface area contributed by atoms with Crippen LogP contribution in [0.5, 0.6) is 0 Å². The summed E-state index contributed by atoms with van der Waals surface area (Å²) < 4.78 is 35.2. The van der Waals surface area contributed by atoms with Gasteiger partial charge in [0.15, 0.2) is 0 Å². The summed E-state index contributed by atoms with van der Waals surface area (Å²) in [5.74, 6) is 0. The smallest absolute Gasteiger partial charge is 0.308 e. The van der Waals surface area contributed by atoms with Crippen LogP contribution in [0, 0.1) is 18.4 Å². The molecular weight excluding hydrogens is 280 g/mol. The predicted octanol–water partition coefficient (Wildman–Crippen LogP) is 1.19. The van der Waals surface area contributed by atoms with Gasteiger partial charge in [-0.3, -0.25) is 4.55 Å². The molecule has 2 rings (SSSR count). The summed E-state index contributed by atoms with van der Waals surface area (Å²) in [7, 11) is -2.09. The minimum atomic E-state index is -4.02. The molecule has 1 aliphatic rings. The van der Waals surface area contributed by atoms with Gasteiger partial charge in [0.25, 0.3) is 10.1 Å². The number of benzene rings is 1. The molecule has 0 bridgehead atoms. The fourth-order valence-corrected chi connectivity index (χ4v) is 2.04. The Morgan fingerprint density at radius 3 is 2.10 bits per heavy atom. The Labute approximate surface area is 119 Å². The maximum Gasteiger partial charge on any atom is 0.308 e. The summed E-state index contributed by atoms with van der Waals surface area (Å²) in [6.45, 7) is 4.95. The van der Waals surface area contributed by atoms with Crippen molar-refractivity contribution in [1.82, 2.24) is 0 Å². The van der Waals surface area contributed by atoms with Gasteiger partial charge >= 0.3 is 6.19 Å². The lowest BCUT2D eigenvalue weighted by Crippen LogP contribution is -2.47. The molecule has 1 aromatic rings. The van der Waals surface area contributed by atoms with E-state index in [9.17, 15) is 8.42 Å². The van der Waals surface area contributed by atoms with Crippen molar-refractivity contribution in [2.24, 2.45) is 0 Å². The van der Waals surface area contributed by atoms with Gasteiger partial charge < -0.3 is 4.74 Å². The molecule has 0 unspecified atom stereocenters. The van der Waals surface area contributed by atoms with Crippen molar-refractivity contribution in [1.29, 1.82) is 5.26 Å². The first-order valence-electron chi connectivity index (χ1n) is 6.15. The van der Waals surface area contributed by atoms with E-state index >= 15 is 0 Å². The SMILES string of the molecule is C[N+]1(C#N)CCOCC1.Cc1ccc(S(=O)(=O)O)cc1. The zero-order chi connectivity index (χ0) is 15.2. The summed E-state index contributed by atoms with van der Waals surface area (Å²) in [4.78, 5) is -0.0666. The molecule has 1 N–H and O–H groups in total. The van der Waals surface area contributed by atoms with Crippen molar-refractivity contribution in [2.45, 2.75) is 11.8 Å². The van der Waals surface area contributed by atoms with Crippen molar-refractivity contribution < 1.29 is 22.2 Å². The molecular formula is C13H19N2O4S+. The van der Waals surface area contributed by atoms with Gasteiger partial charge in [-0.25, -0.2) is 4.48 Å². The summed E-state index contributed by atoms with van der Waals surface area (Å²) in [6, 6.07) is 5.99. The highest BCUT2D eigenvalue weighted by molar-refractivity contribution is 7.85. The summed E-state index contributed by atoms with van der Waals surface area (Å²) >= 11 is 0. The quantitative estimate of drug-likeness (QED) is 0.478. The zero-order valence-corrected chi connectivity index (χ0v) is 12.4. The van der Waals surface area contributed by atoms with Gasteiger partial charge in [-0.1, -0.05) is 17.7 Å². The Bertz CT molecular complexity index is 569. The molecule has 0 amide bonds. The number of rotatable bonds is 1. The first-order chi connectivity index (χ1) is 9.27. The van der Waals surface area contributed by atoms with Crippen molar-refractivity contribution in [3.8, 4) is 6.19 Å². The van der Waals surface area contributed by atoms with Gasteiger partial charge in [0.1, 0.15) is 13.1 Å². The van der Waals surface area contributed by atoms with Crippen LogP contribution in [0.1, 0.15) is 5.56 Å². The van der Waals surface area contributed by atoms with E-state index < -0.39 is 10.1 Å². The van der Waals surface area contributed by atoms with Gasteiger partial charge in [-0.15, -0.1) is 5.26 Å². The van der Waals surface area contributed by atoms with Crippen LogP contribution >= 0.6 is 0 Å². The Morgan fingerprint density at radius 2 is 1.75 bits per heavy atom. The van der Waals surface area contributed by atoms with Crippen molar-refractivity contribution >= 4 is 10.1 Å². The number of quaternary nitrogens is 1. The lowest BCUT2D eigenvalue weighted by molar-refractivity contribution is -0.854. The molecule has 1 aromatic carbocycles. The Morgan fingerprint density at radius 1 is 1.25 bits per heavy atom. The van der Waals surface area contributed by atoms with Crippen LogP contribution in [0.3, 0.4) is 0 Å². The second kappa shape index (κ2) is 6.81. The van der Waals surface area contributed by atoms with E-state index in [4.69, 9.17) is 14.6 Å². The standard InChI is InChI=1S/C7H8O3S.C6H11N2O/c1-6-2-4-7(5-3-6)11(8,9)10;1-8(6-7)2-4-9-5-3-8/h2-5H,1H3,(H,8,9,10);2-5H2,1H3/q;+1. The highest BCUT2D eigenvalue weighted by Gasteiger charge is 2.24. The van der Waals surface area contributed by atoms with E-state index in [1.54, 1.807) is 12.1 Å². The molecule has 0 spiro atoms. The predicted molar refractivity (Wildman–Crippen MR) is 73.3 cm³/mol. The average molecular weight is 299 g/mol. The lowest BCUT2D eigenvalue weighted by atomic mass is 10.2. The van der Waals surface area contributed by atoms with E-state index in [0.717, 1.165) is 31.9 Å². The number of morpholine rings is 1. The van der Waals surface area contributed by atoms with Gasteiger partial charge in [0.2, 0.25) is 0 Å².